The smallest absolute Gasteiger partial charge is 0.407 e. The van der Waals surface area contributed by atoms with Crippen molar-refractivity contribution in [2.24, 2.45) is 0 Å². The molecule has 0 aliphatic carbocycles. The van der Waals surface area contributed by atoms with Crippen LogP contribution in [0.5, 0.6) is 0 Å². The molecule has 1 aliphatic heterocycles. The number of aromatic amines is 1. The predicted octanol–water partition coefficient (Wildman–Crippen LogP) is 1.92. The molecule has 2 heterocycles. The third kappa shape index (κ3) is 3.19. The number of carbonyl (C=O) groups is 1. The minimum atomic E-state index is -2.65. The number of ether oxygens (including phenoxy) is 1. The molecular weight excluding hydrogens is 266 g/mol. The molecule has 1 atom stereocenters. The Morgan fingerprint density at radius 3 is 3.29 bits per heavy atom. The van der Waals surface area contributed by atoms with Crippen molar-refractivity contribution in [1.82, 2.24) is 15.2 Å². The summed E-state index contributed by atoms with van der Waals surface area (Å²) in [6, 6.07) is 3.70. The van der Waals surface area contributed by atoms with Crippen molar-refractivity contribution in [3.63, 3.8) is 0 Å². The molecule has 2 N–H and O–H groups in total. The average molecular weight is 295 g/mol. The molecule has 1 aromatic carbocycles. The minimum absolute atomic E-state index is 0.0713. The van der Waals surface area contributed by atoms with E-state index < -0.39 is 32.0 Å². The third-order valence-electron chi connectivity index (χ3n) is 3.20. The molecular formula is C16H21N3O2. The van der Waals surface area contributed by atoms with Crippen molar-refractivity contribution >= 4 is 17.0 Å². The van der Waals surface area contributed by atoms with Crippen LogP contribution in [0.15, 0.2) is 24.4 Å². The average Bonchev–Trinajstić information content (AvgIpc) is 3.17. The maximum absolute atomic E-state index is 11.3. The Morgan fingerprint density at radius 2 is 2.52 bits per heavy atom. The van der Waals surface area contributed by atoms with Crippen molar-refractivity contribution in [3.05, 3.63) is 35.5 Å². The molecule has 1 saturated heterocycles. The van der Waals surface area contributed by atoms with Crippen LogP contribution in [-0.4, -0.2) is 49.1 Å². The zero-order valence-electron chi connectivity index (χ0n) is 19.5. The molecule has 3 rings (SSSR count). The maximum atomic E-state index is 11.3. The zero-order chi connectivity index (χ0) is 21.8. The molecule has 0 spiro atoms. The van der Waals surface area contributed by atoms with Crippen LogP contribution in [0.2, 0.25) is 0 Å². The lowest BCUT2D eigenvalue weighted by atomic mass is 10.0. The fraction of sp³-hybridized carbons (Fsp3) is 0.438. The maximum Gasteiger partial charge on any atom is 0.407 e. The number of hydrogen-bond donors (Lipinski definition) is 2. The standard InChI is InChI=1S/C16H21N3O2/c1-19(2)6-5-12-9-17-15-4-3-11(8-14(12)15)7-13-10-21-16(20)18-13/h3-4,8-9,13,17H,5-7,10H2,1-2H3,(H,18,20)/t13-/m0/s1/i1D3,6D2,7D2,9D. The molecule has 1 aromatic heterocycles. The van der Waals surface area contributed by atoms with Gasteiger partial charge in [0.15, 0.2) is 0 Å². The van der Waals surface area contributed by atoms with Gasteiger partial charge in [0.25, 0.3) is 0 Å². The predicted molar refractivity (Wildman–Crippen MR) is 82.5 cm³/mol. The van der Waals surface area contributed by atoms with Crippen LogP contribution in [0, 0.1) is 0 Å². The number of likely N-dealkylation sites (N-methyl/N-ethyl adjacent to an activating group) is 1. The number of aromatic nitrogens is 1. The first-order valence-electron chi connectivity index (χ1n) is 10.5. The summed E-state index contributed by atoms with van der Waals surface area (Å²) in [5.74, 6) is 0. The molecule has 0 unspecified atom stereocenters. The second-order valence-corrected chi connectivity index (χ2v) is 4.82. The summed E-state index contributed by atoms with van der Waals surface area (Å²) >= 11 is 0. The minimum Gasteiger partial charge on any atom is -0.447 e. The van der Waals surface area contributed by atoms with Gasteiger partial charge in [-0.3, -0.25) is 0 Å². The first-order valence-corrected chi connectivity index (χ1v) is 6.52. The molecule has 0 saturated carbocycles. The van der Waals surface area contributed by atoms with E-state index in [1.165, 1.54) is 12.1 Å². The van der Waals surface area contributed by atoms with Gasteiger partial charge in [0.05, 0.1) is 7.41 Å². The molecule has 5 heteroatoms. The van der Waals surface area contributed by atoms with Crippen molar-refractivity contribution in [2.75, 3.05) is 27.1 Å². The lowest BCUT2D eigenvalue weighted by Crippen LogP contribution is -2.28. The first kappa shape index (κ1) is 7.31. The van der Waals surface area contributed by atoms with Gasteiger partial charge in [-0.2, -0.15) is 0 Å². The van der Waals surface area contributed by atoms with Crippen molar-refractivity contribution < 1.29 is 20.5 Å². The number of alkyl carbamates (subject to hydrolysis) is 1. The Hall–Kier alpha value is -2.01. The van der Waals surface area contributed by atoms with Crippen LogP contribution in [0.25, 0.3) is 10.9 Å². The quantitative estimate of drug-likeness (QED) is 0.886. The normalized spacial score (nSPS) is 25.8. The highest BCUT2D eigenvalue weighted by atomic mass is 16.6. The lowest BCUT2D eigenvalue weighted by Gasteiger charge is -2.09. The summed E-state index contributed by atoms with van der Waals surface area (Å²) < 4.78 is 68.4. The van der Waals surface area contributed by atoms with E-state index in [1.807, 2.05) is 0 Å². The van der Waals surface area contributed by atoms with Crippen molar-refractivity contribution in [3.8, 4) is 0 Å². The lowest BCUT2D eigenvalue weighted by molar-refractivity contribution is 0.177. The van der Waals surface area contributed by atoms with Gasteiger partial charge in [0, 0.05) is 33.2 Å². The second-order valence-electron chi connectivity index (χ2n) is 4.82. The van der Waals surface area contributed by atoms with Crippen LogP contribution in [-0.2, 0) is 17.5 Å². The summed E-state index contributed by atoms with van der Waals surface area (Å²) in [5.41, 5.74) is 0.972. The molecule has 1 amide bonds. The van der Waals surface area contributed by atoms with Gasteiger partial charge >= 0.3 is 6.09 Å². The number of carbonyl (C=O) groups excluding carboxylic acids is 1. The van der Waals surface area contributed by atoms with E-state index in [2.05, 4.69) is 10.3 Å². The third-order valence-corrected chi connectivity index (χ3v) is 3.20. The summed E-state index contributed by atoms with van der Waals surface area (Å²) in [6.45, 7) is -5.04. The van der Waals surface area contributed by atoms with Gasteiger partial charge in [0.1, 0.15) is 6.61 Å². The number of cyclic esters (lactones) is 1. The van der Waals surface area contributed by atoms with Crippen LogP contribution in [0.3, 0.4) is 0 Å². The first-order chi connectivity index (χ1) is 13.2. The van der Waals surface area contributed by atoms with Gasteiger partial charge in [-0.05, 0) is 50.1 Å². The highest BCUT2D eigenvalue weighted by molar-refractivity contribution is 5.84. The van der Waals surface area contributed by atoms with E-state index in [1.54, 1.807) is 6.07 Å². The highest BCUT2D eigenvalue weighted by Gasteiger charge is 2.22. The molecule has 1 aliphatic rings. The number of nitrogens with one attached hydrogen (secondary N) is 2. The van der Waals surface area contributed by atoms with E-state index in [0.29, 0.717) is 15.8 Å². The second kappa shape index (κ2) is 5.77. The Balaban J connectivity index is 2.00. The van der Waals surface area contributed by atoms with Gasteiger partial charge in [-0.25, -0.2) is 4.79 Å². The molecule has 1 fully saturated rings. The fourth-order valence-corrected chi connectivity index (χ4v) is 2.20. The topological polar surface area (TPSA) is 57.4 Å². The number of hydrogen-bond acceptors (Lipinski definition) is 3. The number of nitrogens with zero attached hydrogens (tertiary/aromatic N) is 1. The SMILES string of the molecule is [2H]c1[nH]c2ccc(C([2H])([2H])[C@H]3COC(=O)N3)cc2c1CC([2H])([2H])N(C)C([2H])([2H])[2H]. The van der Waals surface area contributed by atoms with Crippen LogP contribution in [0.4, 0.5) is 4.79 Å². The molecule has 0 bridgehead atoms. The van der Waals surface area contributed by atoms with Gasteiger partial charge in [-0.1, -0.05) is 6.07 Å². The number of amides is 1. The van der Waals surface area contributed by atoms with Crippen molar-refractivity contribution in [1.29, 1.82) is 0 Å². The Morgan fingerprint density at radius 1 is 1.62 bits per heavy atom. The molecule has 0 radical (unpaired) electrons. The Bertz CT molecular complexity index is 940. The zero-order valence-corrected chi connectivity index (χ0v) is 11.5. The van der Waals surface area contributed by atoms with E-state index in [9.17, 15) is 4.79 Å². The number of fused-ring (bicyclic) bond motifs is 1. The summed E-state index contributed by atoms with van der Waals surface area (Å²) in [5, 5.41) is 2.84. The summed E-state index contributed by atoms with van der Waals surface area (Å²) in [4.78, 5) is 14.7. The van der Waals surface area contributed by atoms with E-state index in [4.69, 9.17) is 15.7 Å². The van der Waals surface area contributed by atoms with Crippen LogP contribution in [0.1, 0.15) is 22.1 Å². The Labute approximate surface area is 135 Å². The number of aryl methyl sites for hydroxylation is 1. The van der Waals surface area contributed by atoms with Crippen LogP contribution >= 0.6 is 0 Å². The van der Waals surface area contributed by atoms with Crippen LogP contribution < -0.4 is 5.32 Å². The van der Waals surface area contributed by atoms with Gasteiger partial charge in [0.2, 0.25) is 0 Å². The van der Waals surface area contributed by atoms with Gasteiger partial charge < -0.3 is 19.9 Å². The molecule has 112 valence electrons. The van der Waals surface area contributed by atoms with E-state index >= 15 is 0 Å². The van der Waals surface area contributed by atoms with Gasteiger partial charge in [-0.15, -0.1) is 0 Å². The fourth-order valence-electron chi connectivity index (χ4n) is 2.20. The van der Waals surface area contributed by atoms with E-state index in [-0.39, 0.29) is 30.3 Å². The molecule has 5 nitrogen and oxygen atoms in total. The Kier molecular flexibility index (Phi) is 2.01. The monoisotopic (exact) mass is 295 g/mol. The largest absolute Gasteiger partial charge is 0.447 e. The van der Waals surface area contributed by atoms with E-state index in [0.717, 1.165) is 7.05 Å². The summed E-state index contributed by atoms with van der Waals surface area (Å²) in [6.07, 6.45) is -3.11. The summed E-state index contributed by atoms with van der Waals surface area (Å²) in [7, 11) is 1.15. The van der Waals surface area contributed by atoms with Crippen molar-refractivity contribution in [2.45, 2.75) is 18.8 Å². The number of rotatable bonds is 5. The number of benzene rings is 1. The molecule has 2 aromatic rings. The highest BCUT2D eigenvalue weighted by Crippen LogP contribution is 2.21. The number of H-pyrrole nitrogens is 1. The molecule has 21 heavy (non-hydrogen) atoms.